The molecule has 0 aromatic heterocycles. The van der Waals surface area contributed by atoms with Crippen molar-refractivity contribution >= 4 is 0 Å². The van der Waals surface area contributed by atoms with E-state index in [1.807, 2.05) is 0 Å². The smallest absolute Gasteiger partial charge is 0.00757 e. The summed E-state index contributed by atoms with van der Waals surface area (Å²) in [5.74, 6) is 0. The van der Waals surface area contributed by atoms with E-state index < -0.39 is 0 Å². The molecule has 138 valence electrons. The van der Waals surface area contributed by atoms with Gasteiger partial charge in [-0.15, -0.1) is 0 Å². The Balaban J connectivity index is 1.95. The molecule has 0 spiro atoms. The van der Waals surface area contributed by atoms with Crippen LogP contribution in [0.5, 0.6) is 0 Å². The fourth-order valence-electron chi connectivity index (χ4n) is 3.76. The Morgan fingerprint density at radius 2 is 0.821 bits per heavy atom. The molecule has 0 bridgehead atoms. The lowest BCUT2D eigenvalue weighted by Gasteiger charge is -2.17. The molecule has 0 N–H and O–H groups in total. The van der Waals surface area contributed by atoms with Crippen molar-refractivity contribution in [3.8, 4) is 33.4 Å². The van der Waals surface area contributed by atoms with E-state index in [2.05, 4.69) is 113 Å². The normalized spacial score (nSPS) is 10.9. The molecule has 0 aliphatic heterocycles. The topological polar surface area (TPSA) is 0 Å². The molecule has 0 atom stereocenters. The molecule has 0 heteroatoms. The average molecular weight is 363 g/mol. The maximum absolute atomic E-state index is 2.34. The van der Waals surface area contributed by atoms with Gasteiger partial charge >= 0.3 is 0 Å². The summed E-state index contributed by atoms with van der Waals surface area (Å²) in [5.41, 5.74) is 12.8. The van der Waals surface area contributed by atoms with Crippen LogP contribution in [0.1, 0.15) is 22.3 Å². The van der Waals surface area contributed by atoms with Crippen LogP contribution in [0.2, 0.25) is 0 Å². The van der Waals surface area contributed by atoms with Crippen LogP contribution in [0.3, 0.4) is 0 Å². The van der Waals surface area contributed by atoms with Gasteiger partial charge in [0.05, 0.1) is 0 Å². The molecular weight excluding hydrogens is 336 g/mol. The van der Waals surface area contributed by atoms with E-state index in [0.29, 0.717) is 0 Å². The van der Waals surface area contributed by atoms with Gasteiger partial charge in [0.25, 0.3) is 0 Å². The largest absolute Gasteiger partial charge is 0.0587 e. The van der Waals surface area contributed by atoms with Gasteiger partial charge in [-0.1, -0.05) is 95.6 Å². The lowest BCUT2D eigenvalue weighted by molar-refractivity contribution is 1.41. The van der Waals surface area contributed by atoms with Gasteiger partial charge < -0.3 is 0 Å². The van der Waals surface area contributed by atoms with Crippen molar-refractivity contribution in [1.82, 2.24) is 0 Å². The molecule has 0 radical (unpaired) electrons. The molecule has 0 amide bonds. The third-order valence-corrected chi connectivity index (χ3v) is 5.42. The van der Waals surface area contributed by atoms with E-state index in [1.165, 1.54) is 55.6 Å². The van der Waals surface area contributed by atoms with Gasteiger partial charge in [-0.05, 0) is 72.7 Å². The first-order chi connectivity index (χ1) is 13.5. The highest BCUT2D eigenvalue weighted by Gasteiger charge is 2.13. The van der Waals surface area contributed by atoms with Crippen LogP contribution in [0.4, 0.5) is 0 Å². The summed E-state index contributed by atoms with van der Waals surface area (Å²) < 4.78 is 0. The van der Waals surface area contributed by atoms with Gasteiger partial charge in [0.15, 0.2) is 0 Å². The van der Waals surface area contributed by atoms with E-state index in [-0.39, 0.29) is 0 Å². The quantitative estimate of drug-likeness (QED) is 0.347. The molecule has 0 fully saturated rings. The Labute approximate surface area is 168 Å². The summed E-state index contributed by atoms with van der Waals surface area (Å²) in [5, 5.41) is 0. The number of benzene rings is 4. The summed E-state index contributed by atoms with van der Waals surface area (Å²) in [4.78, 5) is 0. The second kappa shape index (κ2) is 7.48. The summed E-state index contributed by atoms with van der Waals surface area (Å²) in [7, 11) is 0. The first-order valence-corrected chi connectivity index (χ1v) is 9.87. The zero-order valence-electron chi connectivity index (χ0n) is 17.1. The van der Waals surface area contributed by atoms with Gasteiger partial charge in [0.2, 0.25) is 0 Å². The Bertz CT molecular complexity index is 1100. The molecule has 4 aromatic rings. The molecule has 4 aromatic carbocycles. The van der Waals surface area contributed by atoms with Gasteiger partial charge in [-0.25, -0.2) is 0 Å². The average Bonchev–Trinajstić information content (AvgIpc) is 2.69. The van der Waals surface area contributed by atoms with Crippen molar-refractivity contribution in [2.24, 2.45) is 0 Å². The number of hydrogen-bond donors (Lipinski definition) is 0. The first kappa shape index (κ1) is 18.3. The van der Waals surface area contributed by atoms with Crippen LogP contribution >= 0.6 is 0 Å². The second-order valence-corrected chi connectivity index (χ2v) is 7.81. The SMILES string of the molecule is Cc1ccc(-c2cc(C)c(-c3ccc(C)cc3)c(-c3ccc(C)cc3)c2)cc1. The molecule has 0 aliphatic carbocycles. The zero-order valence-corrected chi connectivity index (χ0v) is 17.1. The van der Waals surface area contributed by atoms with Crippen molar-refractivity contribution in [3.63, 3.8) is 0 Å². The van der Waals surface area contributed by atoms with Crippen LogP contribution in [0.15, 0.2) is 84.9 Å². The number of aryl methyl sites for hydroxylation is 4. The van der Waals surface area contributed by atoms with Crippen LogP contribution in [0, 0.1) is 27.7 Å². The Hall–Kier alpha value is -3.12. The highest BCUT2D eigenvalue weighted by atomic mass is 14.2. The fraction of sp³-hybridized carbons (Fsp3) is 0.143. The predicted molar refractivity (Wildman–Crippen MR) is 122 cm³/mol. The molecule has 0 nitrogen and oxygen atoms in total. The lowest BCUT2D eigenvalue weighted by Crippen LogP contribution is -1.92. The van der Waals surface area contributed by atoms with Crippen molar-refractivity contribution in [1.29, 1.82) is 0 Å². The van der Waals surface area contributed by atoms with Crippen molar-refractivity contribution < 1.29 is 0 Å². The van der Waals surface area contributed by atoms with Gasteiger partial charge in [0.1, 0.15) is 0 Å². The lowest BCUT2D eigenvalue weighted by atomic mass is 9.87. The minimum Gasteiger partial charge on any atom is -0.0587 e. The first-order valence-electron chi connectivity index (χ1n) is 9.87. The van der Waals surface area contributed by atoms with Crippen LogP contribution < -0.4 is 0 Å². The molecule has 0 saturated carbocycles. The van der Waals surface area contributed by atoms with E-state index in [9.17, 15) is 0 Å². The van der Waals surface area contributed by atoms with E-state index in [4.69, 9.17) is 0 Å². The molecular formula is C28H26. The predicted octanol–water partition coefficient (Wildman–Crippen LogP) is 7.92. The van der Waals surface area contributed by atoms with Crippen molar-refractivity contribution in [3.05, 3.63) is 107 Å². The Morgan fingerprint density at radius 3 is 1.32 bits per heavy atom. The Kier molecular flexibility index (Phi) is 4.88. The minimum absolute atomic E-state index is 1.26. The van der Waals surface area contributed by atoms with Gasteiger partial charge in [0, 0.05) is 0 Å². The van der Waals surface area contributed by atoms with Crippen molar-refractivity contribution in [2.75, 3.05) is 0 Å². The third kappa shape index (κ3) is 3.64. The van der Waals surface area contributed by atoms with Crippen molar-refractivity contribution in [2.45, 2.75) is 27.7 Å². The summed E-state index contributed by atoms with van der Waals surface area (Å²) in [6.07, 6.45) is 0. The standard InChI is InChI=1S/C28H26/c1-19-5-11-23(12-6-19)26-17-22(4)28(25-15-9-21(3)10-16-25)27(18-26)24-13-7-20(2)8-14-24/h5-18H,1-4H3. The molecule has 28 heavy (non-hydrogen) atoms. The number of hydrogen-bond acceptors (Lipinski definition) is 0. The van der Waals surface area contributed by atoms with E-state index in [1.54, 1.807) is 0 Å². The Morgan fingerprint density at radius 1 is 0.393 bits per heavy atom. The summed E-state index contributed by atoms with van der Waals surface area (Å²) in [6.45, 7) is 8.63. The minimum atomic E-state index is 1.26. The van der Waals surface area contributed by atoms with Crippen LogP contribution in [-0.2, 0) is 0 Å². The summed E-state index contributed by atoms with van der Waals surface area (Å²) >= 11 is 0. The van der Waals surface area contributed by atoms with Crippen LogP contribution in [-0.4, -0.2) is 0 Å². The summed E-state index contributed by atoms with van der Waals surface area (Å²) in [6, 6.07) is 31.2. The number of rotatable bonds is 3. The molecule has 0 saturated heterocycles. The van der Waals surface area contributed by atoms with Gasteiger partial charge in [-0.3, -0.25) is 0 Å². The molecule has 0 unspecified atom stereocenters. The molecule has 0 heterocycles. The van der Waals surface area contributed by atoms with Crippen LogP contribution in [0.25, 0.3) is 33.4 Å². The van der Waals surface area contributed by atoms with E-state index in [0.717, 1.165) is 0 Å². The fourth-order valence-corrected chi connectivity index (χ4v) is 3.76. The van der Waals surface area contributed by atoms with E-state index >= 15 is 0 Å². The monoisotopic (exact) mass is 362 g/mol. The zero-order chi connectivity index (χ0) is 19.7. The molecule has 0 aliphatic rings. The molecule has 4 rings (SSSR count). The highest BCUT2D eigenvalue weighted by Crippen LogP contribution is 2.38. The highest BCUT2D eigenvalue weighted by molar-refractivity contribution is 5.89. The maximum atomic E-state index is 2.34. The maximum Gasteiger partial charge on any atom is -0.00757 e. The third-order valence-electron chi connectivity index (χ3n) is 5.42. The second-order valence-electron chi connectivity index (χ2n) is 7.81. The van der Waals surface area contributed by atoms with Gasteiger partial charge in [-0.2, -0.15) is 0 Å².